The molecule has 3 heterocycles. The van der Waals surface area contributed by atoms with E-state index in [0.717, 1.165) is 44.0 Å². The van der Waals surface area contributed by atoms with Crippen molar-refractivity contribution in [3.8, 4) is 22.9 Å². The Morgan fingerprint density at radius 2 is 1.85 bits per heavy atom. The van der Waals surface area contributed by atoms with E-state index in [1.165, 1.54) is 31.4 Å². The Bertz CT molecular complexity index is 1600. The lowest BCUT2D eigenvalue weighted by Gasteiger charge is -2.36. The molecule has 2 aliphatic rings. The highest BCUT2D eigenvalue weighted by Gasteiger charge is 2.31. The number of anilines is 2. The van der Waals surface area contributed by atoms with Crippen molar-refractivity contribution in [1.29, 1.82) is 0 Å². The number of alkyl halides is 3. The van der Waals surface area contributed by atoms with Gasteiger partial charge in [-0.1, -0.05) is 24.6 Å². The van der Waals surface area contributed by atoms with Gasteiger partial charge in [-0.05, 0) is 62.4 Å². The van der Waals surface area contributed by atoms with Gasteiger partial charge in [0.15, 0.2) is 11.6 Å². The number of halogens is 3. The van der Waals surface area contributed by atoms with Gasteiger partial charge in [-0.25, -0.2) is 9.97 Å². The first-order valence-corrected chi connectivity index (χ1v) is 13.7. The number of benzene rings is 2. The first-order chi connectivity index (χ1) is 19.7. The van der Waals surface area contributed by atoms with Crippen LogP contribution in [-0.4, -0.2) is 50.5 Å². The highest BCUT2D eigenvalue weighted by molar-refractivity contribution is 5.82. The van der Waals surface area contributed by atoms with Gasteiger partial charge in [0.2, 0.25) is 11.8 Å². The van der Waals surface area contributed by atoms with E-state index in [-0.39, 0.29) is 11.7 Å². The van der Waals surface area contributed by atoms with Gasteiger partial charge in [-0.3, -0.25) is 9.69 Å². The number of rotatable bonds is 8. The molecule has 0 spiro atoms. The van der Waals surface area contributed by atoms with Crippen LogP contribution in [0.5, 0.6) is 11.6 Å². The van der Waals surface area contributed by atoms with Crippen LogP contribution in [0.25, 0.3) is 22.3 Å². The van der Waals surface area contributed by atoms with Crippen molar-refractivity contribution in [2.24, 2.45) is 5.92 Å². The number of ether oxygens (including phenoxy) is 1. The molecular weight excluding hydrogens is 535 g/mol. The van der Waals surface area contributed by atoms with Gasteiger partial charge in [-0.15, -0.1) is 0 Å². The van der Waals surface area contributed by atoms with Crippen LogP contribution in [0.2, 0.25) is 0 Å². The molecule has 1 aliphatic carbocycles. The van der Waals surface area contributed by atoms with E-state index >= 15 is 0 Å². The molecule has 1 unspecified atom stereocenters. The number of nitrogens with two attached hydrogens (primary N) is 1. The number of para-hydroxylation sites is 1. The largest absolute Gasteiger partial charge is 0.436 e. The number of nitrogens with one attached hydrogen (secondary N) is 2. The molecule has 41 heavy (non-hydrogen) atoms. The van der Waals surface area contributed by atoms with Crippen molar-refractivity contribution in [3.63, 3.8) is 0 Å². The van der Waals surface area contributed by atoms with Crippen molar-refractivity contribution < 1.29 is 17.9 Å². The summed E-state index contributed by atoms with van der Waals surface area (Å²) < 4.78 is 45.6. The lowest BCUT2D eigenvalue weighted by Crippen LogP contribution is -2.44. The average Bonchev–Trinajstić information content (AvgIpc) is 3.77. The van der Waals surface area contributed by atoms with Crippen molar-refractivity contribution in [1.82, 2.24) is 24.8 Å². The smallest absolute Gasteiger partial charge is 0.416 e. The fourth-order valence-corrected chi connectivity index (χ4v) is 5.20. The molecule has 4 aromatic rings. The number of nitrogen functional groups attached to an aromatic ring is 1. The molecule has 0 amide bonds. The molecule has 1 aliphatic heterocycles. The van der Waals surface area contributed by atoms with Crippen molar-refractivity contribution in [2.75, 3.05) is 30.7 Å². The molecule has 1 atom stereocenters. The van der Waals surface area contributed by atoms with Crippen LogP contribution in [0.1, 0.15) is 37.7 Å². The molecular formula is C29H30F3N7O2. The van der Waals surface area contributed by atoms with E-state index in [1.807, 2.05) is 0 Å². The molecule has 2 aromatic heterocycles. The summed E-state index contributed by atoms with van der Waals surface area (Å²) in [5, 5.41) is 3.36. The van der Waals surface area contributed by atoms with Crippen LogP contribution in [0.3, 0.4) is 0 Å². The first-order valence-electron chi connectivity index (χ1n) is 13.7. The Balaban J connectivity index is 1.32. The summed E-state index contributed by atoms with van der Waals surface area (Å²) in [6.07, 6.45) is 1.56. The summed E-state index contributed by atoms with van der Waals surface area (Å²) in [5.41, 5.74) is 6.14. The summed E-state index contributed by atoms with van der Waals surface area (Å²) in [6, 6.07) is 11.7. The molecule has 0 radical (unpaired) electrons. The van der Waals surface area contributed by atoms with E-state index < -0.39 is 17.3 Å². The Morgan fingerprint density at radius 3 is 2.61 bits per heavy atom. The van der Waals surface area contributed by atoms with Gasteiger partial charge >= 0.3 is 6.18 Å². The lowest BCUT2D eigenvalue weighted by molar-refractivity contribution is -0.137. The predicted octanol–water partition coefficient (Wildman–Crippen LogP) is 5.45. The second-order valence-electron chi connectivity index (χ2n) is 10.7. The Labute approximate surface area is 234 Å². The molecule has 6 rings (SSSR count). The summed E-state index contributed by atoms with van der Waals surface area (Å²) >= 11 is 0. The molecule has 1 saturated carbocycles. The molecule has 9 nitrogen and oxygen atoms in total. The Morgan fingerprint density at radius 1 is 1.05 bits per heavy atom. The van der Waals surface area contributed by atoms with Gasteiger partial charge in [0, 0.05) is 30.8 Å². The number of hydrogen-bond donors (Lipinski definition) is 3. The zero-order valence-corrected chi connectivity index (χ0v) is 22.2. The van der Waals surface area contributed by atoms with E-state index in [2.05, 4.69) is 30.2 Å². The van der Waals surface area contributed by atoms with Crippen LogP contribution >= 0.6 is 0 Å². The van der Waals surface area contributed by atoms with Crippen molar-refractivity contribution >= 4 is 22.8 Å². The van der Waals surface area contributed by atoms with E-state index in [0.29, 0.717) is 46.6 Å². The third-order valence-corrected chi connectivity index (χ3v) is 7.57. The minimum Gasteiger partial charge on any atom is -0.436 e. The van der Waals surface area contributed by atoms with Crippen LogP contribution in [0, 0.1) is 5.92 Å². The lowest BCUT2D eigenvalue weighted by atomic mass is 10.0. The normalized spacial score (nSPS) is 18.0. The number of aromatic nitrogens is 4. The molecule has 214 valence electrons. The van der Waals surface area contributed by atoms with Crippen molar-refractivity contribution in [2.45, 2.75) is 44.3 Å². The highest BCUT2D eigenvalue weighted by atomic mass is 19.4. The first kappa shape index (κ1) is 27.0. The molecule has 0 bridgehead atoms. The maximum atomic E-state index is 13.2. The number of aromatic amines is 1. The monoisotopic (exact) mass is 565 g/mol. The number of piperidine rings is 1. The predicted molar refractivity (Wildman–Crippen MR) is 150 cm³/mol. The third-order valence-electron chi connectivity index (χ3n) is 7.57. The van der Waals surface area contributed by atoms with Crippen LogP contribution in [-0.2, 0) is 6.18 Å². The fraction of sp³-hybridized carbons (Fsp3) is 0.379. The molecule has 12 heteroatoms. The molecule has 2 fully saturated rings. The maximum absolute atomic E-state index is 13.2. The Kier molecular flexibility index (Phi) is 7.24. The SMILES string of the molecule is Nc1nc2c(Oc3cc(-c4ccc(C(F)(F)F)cc4)nc(NCC4CCCCN4CC4CC4)n3)cccc2[nH]c1=O. The van der Waals surface area contributed by atoms with Crippen LogP contribution < -0.4 is 21.3 Å². The van der Waals surface area contributed by atoms with E-state index in [9.17, 15) is 18.0 Å². The average molecular weight is 566 g/mol. The Hall–Kier alpha value is -4.19. The van der Waals surface area contributed by atoms with Gasteiger partial charge in [-0.2, -0.15) is 18.2 Å². The molecule has 2 aromatic carbocycles. The second-order valence-corrected chi connectivity index (χ2v) is 10.7. The summed E-state index contributed by atoms with van der Waals surface area (Å²) in [4.78, 5) is 30.5. The molecule has 1 saturated heterocycles. The zero-order chi connectivity index (χ0) is 28.6. The third kappa shape index (κ3) is 6.27. The van der Waals surface area contributed by atoms with Gasteiger partial charge in [0.05, 0.1) is 16.8 Å². The number of hydrogen-bond acceptors (Lipinski definition) is 8. The standard InChI is InChI=1S/C29H30F3N7O2/c30-29(31,32)19-11-9-18(10-12-19)22-14-24(41-23-6-3-5-21-25(23)38-26(33)27(40)35-21)37-28(36-22)34-15-20-4-1-2-13-39(20)16-17-7-8-17/h3,5-6,9-12,14,17,20H,1-2,4,7-8,13,15-16H2,(H2,33,38)(H,35,40)(H,34,36,37). The van der Waals surface area contributed by atoms with E-state index in [4.69, 9.17) is 10.5 Å². The quantitative estimate of drug-likeness (QED) is 0.258. The minimum atomic E-state index is -4.44. The number of H-pyrrole nitrogens is 1. The van der Waals surface area contributed by atoms with Crippen LogP contribution in [0.4, 0.5) is 24.9 Å². The minimum absolute atomic E-state index is 0.162. The number of likely N-dealkylation sites (tertiary alicyclic amines) is 1. The highest BCUT2D eigenvalue weighted by Crippen LogP contribution is 2.34. The maximum Gasteiger partial charge on any atom is 0.416 e. The van der Waals surface area contributed by atoms with Gasteiger partial charge < -0.3 is 20.8 Å². The zero-order valence-electron chi connectivity index (χ0n) is 22.2. The summed E-state index contributed by atoms with van der Waals surface area (Å²) in [7, 11) is 0. The van der Waals surface area contributed by atoms with Crippen LogP contribution in [0.15, 0.2) is 53.3 Å². The summed E-state index contributed by atoms with van der Waals surface area (Å²) in [5.74, 6) is 1.35. The molecule has 4 N–H and O–H groups in total. The van der Waals surface area contributed by atoms with Gasteiger partial charge in [0.1, 0.15) is 5.52 Å². The van der Waals surface area contributed by atoms with Crippen molar-refractivity contribution in [3.05, 3.63) is 64.4 Å². The second kappa shape index (κ2) is 11.0. The summed E-state index contributed by atoms with van der Waals surface area (Å²) in [6.45, 7) is 2.81. The fourth-order valence-electron chi connectivity index (χ4n) is 5.20. The number of nitrogens with zero attached hydrogens (tertiary/aromatic N) is 4. The van der Waals surface area contributed by atoms with E-state index in [1.54, 1.807) is 24.3 Å². The number of fused-ring (bicyclic) bond motifs is 1. The van der Waals surface area contributed by atoms with Gasteiger partial charge in [0.25, 0.3) is 5.56 Å². The topological polar surface area (TPSA) is 122 Å².